The number of hydrogen-bond donors (Lipinski definition) is 2. The van der Waals surface area contributed by atoms with E-state index in [1.165, 1.54) is 0 Å². The number of nitrogen functional groups attached to an aromatic ring is 1. The molecule has 0 saturated carbocycles. The summed E-state index contributed by atoms with van der Waals surface area (Å²) in [7, 11) is 0. The molecule has 2 heterocycles. The minimum Gasteiger partial charge on any atom is -0.491 e. The van der Waals surface area contributed by atoms with Crippen LogP contribution in [0.15, 0.2) is 54.6 Å². The molecule has 160 valence electrons. The fraction of sp³-hybridized carbons (Fsp3) is 0.292. The van der Waals surface area contributed by atoms with Gasteiger partial charge in [-0.3, -0.25) is 0 Å². The first-order chi connectivity index (χ1) is 14.9. The molecule has 0 spiro atoms. The van der Waals surface area contributed by atoms with E-state index in [2.05, 4.69) is 50.0 Å². The van der Waals surface area contributed by atoms with Crippen molar-refractivity contribution in [1.82, 2.24) is 19.5 Å². The quantitative estimate of drug-likeness (QED) is 0.453. The minimum atomic E-state index is 0.0473. The third-order valence-corrected chi connectivity index (χ3v) is 5.08. The summed E-state index contributed by atoms with van der Waals surface area (Å²) in [5.74, 6) is 2.74. The van der Waals surface area contributed by atoms with Gasteiger partial charge < -0.3 is 20.4 Å². The molecule has 4 rings (SSSR count). The van der Waals surface area contributed by atoms with Crippen LogP contribution < -0.4 is 15.8 Å². The maximum absolute atomic E-state index is 6.02. The molecule has 7 nitrogen and oxygen atoms in total. The summed E-state index contributed by atoms with van der Waals surface area (Å²) in [5.41, 5.74) is 10.0. The Hall–Kier alpha value is -3.61. The van der Waals surface area contributed by atoms with E-state index in [9.17, 15) is 0 Å². The molecular formula is C24H28N6O. The summed E-state index contributed by atoms with van der Waals surface area (Å²) >= 11 is 0. The van der Waals surface area contributed by atoms with Gasteiger partial charge in [-0.25, -0.2) is 9.97 Å². The van der Waals surface area contributed by atoms with Gasteiger partial charge in [-0.2, -0.15) is 4.98 Å². The van der Waals surface area contributed by atoms with E-state index in [0.29, 0.717) is 12.4 Å². The number of fused-ring (bicyclic) bond motifs is 1. The van der Waals surface area contributed by atoms with Gasteiger partial charge in [0.2, 0.25) is 5.95 Å². The number of ether oxygens (including phenoxy) is 1. The van der Waals surface area contributed by atoms with Gasteiger partial charge in [0.05, 0.1) is 29.4 Å². The zero-order valence-corrected chi connectivity index (χ0v) is 18.3. The third-order valence-electron chi connectivity index (χ3n) is 5.08. The number of imidazole rings is 1. The molecular weight excluding hydrogens is 388 g/mol. The topological polar surface area (TPSA) is 90.9 Å². The summed E-state index contributed by atoms with van der Waals surface area (Å²) in [6.45, 7) is 8.69. The van der Waals surface area contributed by atoms with E-state index in [4.69, 9.17) is 10.5 Å². The molecule has 1 atom stereocenters. The third kappa shape index (κ3) is 4.77. The largest absolute Gasteiger partial charge is 0.491 e. The minimum absolute atomic E-state index is 0.0473. The number of hydrogen-bond acceptors (Lipinski definition) is 6. The van der Waals surface area contributed by atoms with Gasteiger partial charge in [-0.05, 0) is 57.5 Å². The second-order valence-corrected chi connectivity index (χ2v) is 7.94. The molecule has 31 heavy (non-hydrogen) atoms. The Morgan fingerprint density at radius 3 is 2.48 bits per heavy atom. The van der Waals surface area contributed by atoms with Crippen molar-refractivity contribution in [2.45, 2.75) is 46.4 Å². The number of para-hydroxylation sites is 2. The van der Waals surface area contributed by atoms with E-state index < -0.39 is 0 Å². The number of aryl methyl sites for hydroxylation is 1. The molecule has 0 aliphatic carbocycles. The Bertz CT molecular complexity index is 1180. The number of aromatic nitrogens is 4. The van der Waals surface area contributed by atoms with Crippen molar-refractivity contribution >= 4 is 22.8 Å². The van der Waals surface area contributed by atoms with Crippen LogP contribution >= 0.6 is 0 Å². The summed E-state index contributed by atoms with van der Waals surface area (Å²) in [6, 6.07) is 18.2. The van der Waals surface area contributed by atoms with Crippen LogP contribution in [0.5, 0.6) is 5.75 Å². The molecule has 0 bridgehead atoms. The Morgan fingerprint density at radius 2 is 1.74 bits per heavy atom. The Kier molecular flexibility index (Phi) is 5.75. The van der Waals surface area contributed by atoms with Crippen LogP contribution in [0, 0.1) is 6.92 Å². The molecule has 3 N–H and O–H groups in total. The van der Waals surface area contributed by atoms with Crippen LogP contribution in [0.4, 0.5) is 11.8 Å². The molecule has 7 heteroatoms. The van der Waals surface area contributed by atoms with E-state index >= 15 is 0 Å². The number of anilines is 2. The van der Waals surface area contributed by atoms with Gasteiger partial charge in [0.1, 0.15) is 17.4 Å². The molecule has 0 saturated heterocycles. The highest BCUT2D eigenvalue weighted by atomic mass is 16.5. The van der Waals surface area contributed by atoms with Crippen LogP contribution in [0.3, 0.4) is 0 Å². The number of nitrogens with one attached hydrogen (secondary N) is 1. The van der Waals surface area contributed by atoms with E-state index in [1.807, 2.05) is 57.2 Å². The lowest BCUT2D eigenvalue weighted by Crippen LogP contribution is -2.12. The van der Waals surface area contributed by atoms with Crippen molar-refractivity contribution in [3.63, 3.8) is 0 Å². The fourth-order valence-electron chi connectivity index (χ4n) is 3.64. The Labute approximate surface area is 182 Å². The Morgan fingerprint density at radius 1 is 1.00 bits per heavy atom. The van der Waals surface area contributed by atoms with Gasteiger partial charge >= 0.3 is 0 Å². The van der Waals surface area contributed by atoms with Crippen molar-refractivity contribution in [2.24, 2.45) is 0 Å². The van der Waals surface area contributed by atoms with Crippen LogP contribution in [0.1, 0.15) is 43.9 Å². The van der Waals surface area contributed by atoms with Crippen LogP contribution in [-0.2, 0) is 6.54 Å². The average Bonchev–Trinajstić information content (AvgIpc) is 3.03. The normalized spacial score (nSPS) is 12.3. The highest BCUT2D eigenvalue weighted by Gasteiger charge is 2.12. The Balaban J connectivity index is 1.53. The second-order valence-electron chi connectivity index (χ2n) is 7.94. The van der Waals surface area contributed by atoms with E-state index in [0.717, 1.165) is 33.9 Å². The average molecular weight is 417 g/mol. The first-order valence-corrected chi connectivity index (χ1v) is 10.5. The lowest BCUT2D eigenvalue weighted by atomic mass is 10.1. The maximum Gasteiger partial charge on any atom is 0.222 e. The van der Waals surface area contributed by atoms with Crippen LogP contribution in [0.2, 0.25) is 0 Å². The lowest BCUT2D eigenvalue weighted by Gasteiger charge is -2.17. The molecule has 2 aromatic carbocycles. The summed E-state index contributed by atoms with van der Waals surface area (Å²) in [5, 5.41) is 3.43. The van der Waals surface area contributed by atoms with Gasteiger partial charge in [0.15, 0.2) is 0 Å². The van der Waals surface area contributed by atoms with E-state index in [-0.39, 0.29) is 18.1 Å². The predicted octanol–water partition coefficient (Wildman–Crippen LogP) is 4.73. The fourth-order valence-corrected chi connectivity index (χ4v) is 3.64. The molecule has 0 aliphatic rings. The van der Waals surface area contributed by atoms with Crippen molar-refractivity contribution in [3.05, 3.63) is 71.7 Å². The zero-order chi connectivity index (χ0) is 22.0. The van der Waals surface area contributed by atoms with Crippen molar-refractivity contribution in [2.75, 3.05) is 11.1 Å². The number of benzene rings is 2. The summed E-state index contributed by atoms with van der Waals surface area (Å²) < 4.78 is 7.86. The van der Waals surface area contributed by atoms with Crippen molar-refractivity contribution in [1.29, 1.82) is 0 Å². The highest BCUT2D eigenvalue weighted by Crippen LogP contribution is 2.23. The first-order valence-electron chi connectivity index (χ1n) is 10.5. The molecule has 0 radical (unpaired) electrons. The lowest BCUT2D eigenvalue weighted by molar-refractivity contribution is 0.242. The van der Waals surface area contributed by atoms with Gasteiger partial charge in [0, 0.05) is 12.1 Å². The first kappa shape index (κ1) is 20.7. The zero-order valence-electron chi connectivity index (χ0n) is 18.3. The van der Waals surface area contributed by atoms with E-state index in [1.54, 1.807) is 0 Å². The van der Waals surface area contributed by atoms with Gasteiger partial charge in [-0.15, -0.1) is 0 Å². The smallest absolute Gasteiger partial charge is 0.222 e. The summed E-state index contributed by atoms with van der Waals surface area (Å²) in [6.07, 6.45) is 0.153. The van der Waals surface area contributed by atoms with Crippen LogP contribution in [-0.4, -0.2) is 25.6 Å². The SMILES string of the molecule is Cc1nc2ccccc2n1Cc1cc(NC(C)c2ccc(OC(C)C)cc2)nc(N)n1. The van der Waals surface area contributed by atoms with Gasteiger partial charge in [-0.1, -0.05) is 24.3 Å². The molecule has 0 amide bonds. The molecule has 1 unspecified atom stereocenters. The number of rotatable bonds is 7. The van der Waals surface area contributed by atoms with Crippen molar-refractivity contribution in [3.8, 4) is 5.75 Å². The molecule has 2 aromatic heterocycles. The van der Waals surface area contributed by atoms with Crippen LogP contribution in [0.25, 0.3) is 11.0 Å². The predicted molar refractivity (Wildman–Crippen MR) is 124 cm³/mol. The highest BCUT2D eigenvalue weighted by molar-refractivity contribution is 5.76. The number of nitrogens with zero attached hydrogens (tertiary/aromatic N) is 4. The molecule has 0 fully saturated rings. The van der Waals surface area contributed by atoms with Crippen molar-refractivity contribution < 1.29 is 4.74 Å². The van der Waals surface area contributed by atoms with Gasteiger partial charge in [0.25, 0.3) is 0 Å². The maximum atomic E-state index is 6.02. The number of nitrogens with two attached hydrogens (primary N) is 1. The summed E-state index contributed by atoms with van der Waals surface area (Å²) in [4.78, 5) is 13.4. The standard InChI is InChI=1S/C24H28N6O/c1-15(2)31-20-11-9-18(10-12-20)16(3)26-23-13-19(28-24(25)29-23)14-30-17(4)27-21-7-5-6-8-22(21)30/h5-13,15-16H,14H2,1-4H3,(H3,25,26,28,29). The monoisotopic (exact) mass is 416 g/mol. The molecule has 4 aromatic rings. The second kappa shape index (κ2) is 8.63. The molecule has 0 aliphatic heterocycles.